The molecule has 0 aliphatic rings. The minimum absolute atomic E-state index is 0.204. The van der Waals surface area contributed by atoms with E-state index in [2.05, 4.69) is 17.1 Å². The van der Waals surface area contributed by atoms with E-state index in [1.54, 1.807) is 29.5 Å². The van der Waals surface area contributed by atoms with Gasteiger partial charge in [0.25, 0.3) is 0 Å². The number of hydrogen-bond acceptors (Lipinski definition) is 5. The SMILES string of the molecule is N#Cc1cccc(COC(=O)CCCc2nc3ccccc3s2)c1. The van der Waals surface area contributed by atoms with Crippen LogP contribution < -0.4 is 0 Å². The van der Waals surface area contributed by atoms with Gasteiger partial charge in [-0.3, -0.25) is 4.79 Å². The first-order chi connectivity index (χ1) is 11.7. The van der Waals surface area contributed by atoms with Gasteiger partial charge in [0.1, 0.15) is 6.61 Å². The number of benzene rings is 2. The highest BCUT2D eigenvalue weighted by molar-refractivity contribution is 7.18. The van der Waals surface area contributed by atoms with Gasteiger partial charge in [-0.2, -0.15) is 5.26 Å². The minimum atomic E-state index is -0.224. The summed E-state index contributed by atoms with van der Waals surface area (Å²) in [5.41, 5.74) is 2.41. The molecule has 5 heteroatoms. The summed E-state index contributed by atoms with van der Waals surface area (Å²) in [6.45, 7) is 0.204. The Morgan fingerprint density at radius 1 is 1.21 bits per heavy atom. The van der Waals surface area contributed by atoms with Crippen molar-refractivity contribution >= 4 is 27.5 Å². The number of aromatic nitrogens is 1. The van der Waals surface area contributed by atoms with Crippen molar-refractivity contribution in [2.45, 2.75) is 25.9 Å². The Bertz CT molecular complexity index is 863. The third kappa shape index (κ3) is 4.18. The van der Waals surface area contributed by atoms with Crippen molar-refractivity contribution in [3.05, 3.63) is 64.7 Å². The maximum absolute atomic E-state index is 11.8. The van der Waals surface area contributed by atoms with Crippen LogP contribution in [0.25, 0.3) is 10.2 Å². The molecular formula is C19H16N2O2S. The summed E-state index contributed by atoms with van der Waals surface area (Å²) < 4.78 is 6.43. The van der Waals surface area contributed by atoms with Gasteiger partial charge in [0.05, 0.1) is 26.9 Å². The quantitative estimate of drug-likeness (QED) is 0.632. The van der Waals surface area contributed by atoms with Crippen molar-refractivity contribution in [1.29, 1.82) is 5.26 Å². The molecule has 0 bridgehead atoms. The van der Waals surface area contributed by atoms with Crippen LogP contribution in [0.5, 0.6) is 0 Å². The van der Waals surface area contributed by atoms with Gasteiger partial charge in [-0.05, 0) is 42.7 Å². The summed E-state index contributed by atoms with van der Waals surface area (Å²) >= 11 is 1.67. The molecule has 0 aliphatic heterocycles. The lowest BCUT2D eigenvalue weighted by Crippen LogP contribution is -2.05. The number of hydrogen-bond donors (Lipinski definition) is 0. The van der Waals surface area contributed by atoms with Gasteiger partial charge in [-0.25, -0.2) is 4.98 Å². The summed E-state index contributed by atoms with van der Waals surface area (Å²) in [5.74, 6) is -0.224. The fourth-order valence-electron chi connectivity index (χ4n) is 2.38. The number of rotatable bonds is 6. The molecule has 1 aromatic heterocycles. The molecule has 4 nitrogen and oxygen atoms in total. The van der Waals surface area contributed by atoms with Gasteiger partial charge in [0.15, 0.2) is 0 Å². The molecule has 0 N–H and O–H groups in total. The van der Waals surface area contributed by atoms with Crippen molar-refractivity contribution < 1.29 is 9.53 Å². The Balaban J connectivity index is 1.44. The average Bonchev–Trinajstić information content (AvgIpc) is 3.03. The van der Waals surface area contributed by atoms with E-state index in [9.17, 15) is 4.79 Å². The van der Waals surface area contributed by atoms with Crippen LogP contribution in [-0.4, -0.2) is 11.0 Å². The van der Waals surface area contributed by atoms with Crippen LogP contribution in [-0.2, 0) is 22.6 Å². The zero-order valence-corrected chi connectivity index (χ0v) is 13.9. The van der Waals surface area contributed by atoms with E-state index in [4.69, 9.17) is 10.00 Å². The van der Waals surface area contributed by atoms with E-state index in [1.807, 2.05) is 24.3 Å². The minimum Gasteiger partial charge on any atom is -0.461 e. The van der Waals surface area contributed by atoms with Crippen molar-refractivity contribution in [2.24, 2.45) is 0 Å². The topological polar surface area (TPSA) is 63.0 Å². The van der Waals surface area contributed by atoms with Crippen LogP contribution in [0.15, 0.2) is 48.5 Å². The molecular weight excluding hydrogens is 320 g/mol. The highest BCUT2D eigenvalue weighted by atomic mass is 32.1. The van der Waals surface area contributed by atoms with Crippen LogP contribution >= 0.6 is 11.3 Å². The van der Waals surface area contributed by atoms with Crippen LogP contribution in [0.2, 0.25) is 0 Å². The number of ether oxygens (including phenoxy) is 1. The molecule has 0 saturated heterocycles. The number of nitrogens with zero attached hydrogens (tertiary/aromatic N) is 2. The van der Waals surface area contributed by atoms with Crippen LogP contribution in [0.3, 0.4) is 0 Å². The van der Waals surface area contributed by atoms with Crippen LogP contribution in [0.1, 0.15) is 29.0 Å². The second-order valence-corrected chi connectivity index (χ2v) is 6.52. The van der Waals surface area contributed by atoms with Gasteiger partial charge < -0.3 is 4.74 Å². The Labute approximate surface area is 144 Å². The smallest absolute Gasteiger partial charge is 0.306 e. The van der Waals surface area contributed by atoms with Crippen molar-refractivity contribution in [3.63, 3.8) is 0 Å². The largest absolute Gasteiger partial charge is 0.461 e. The van der Waals surface area contributed by atoms with E-state index in [0.717, 1.165) is 28.9 Å². The first kappa shape index (κ1) is 16.2. The molecule has 0 saturated carbocycles. The Morgan fingerprint density at radius 2 is 2.08 bits per heavy atom. The lowest BCUT2D eigenvalue weighted by atomic mass is 10.1. The third-order valence-corrected chi connectivity index (χ3v) is 4.66. The normalized spacial score (nSPS) is 10.5. The average molecular weight is 336 g/mol. The van der Waals surface area contributed by atoms with E-state index >= 15 is 0 Å². The van der Waals surface area contributed by atoms with E-state index in [0.29, 0.717) is 12.0 Å². The number of carbonyl (C=O) groups excluding carboxylic acids is 1. The monoisotopic (exact) mass is 336 g/mol. The standard InChI is InChI=1S/C19H16N2O2S/c20-12-14-5-3-6-15(11-14)13-23-19(22)10-4-9-18-21-16-7-1-2-8-17(16)24-18/h1-3,5-8,11H,4,9-10,13H2. The summed E-state index contributed by atoms with van der Waals surface area (Å²) in [7, 11) is 0. The van der Waals surface area contributed by atoms with Gasteiger partial charge in [-0.1, -0.05) is 24.3 Å². The maximum Gasteiger partial charge on any atom is 0.306 e. The number of esters is 1. The first-order valence-corrected chi connectivity index (χ1v) is 8.55. The predicted octanol–water partition coefficient (Wildman–Crippen LogP) is 4.23. The molecule has 0 unspecified atom stereocenters. The van der Waals surface area contributed by atoms with Crippen molar-refractivity contribution in [2.75, 3.05) is 0 Å². The number of thiazole rings is 1. The maximum atomic E-state index is 11.8. The zero-order valence-electron chi connectivity index (χ0n) is 13.1. The fourth-order valence-corrected chi connectivity index (χ4v) is 3.39. The van der Waals surface area contributed by atoms with Crippen molar-refractivity contribution in [3.8, 4) is 6.07 Å². The van der Waals surface area contributed by atoms with E-state index < -0.39 is 0 Å². The molecule has 0 aliphatic carbocycles. The number of carbonyl (C=O) groups is 1. The first-order valence-electron chi connectivity index (χ1n) is 7.74. The molecule has 3 aromatic rings. The summed E-state index contributed by atoms with van der Waals surface area (Å²) in [4.78, 5) is 16.4. The third-order valence-electron chi connectivity index (χ3n) is 3.57. The van der Waals surface area contributed by atoms with E-state index in [1.165, 1.54) is 4.70 Å². The van der Waals surface area contributed by atoms with Gasteiger partial charge >= 0.3 is 5.97 Å². The molecule has 24 heavy (non-hydrogen) atoms. The Morgan fingerprint density at radius 3 is 2.92 bits per heavy atom. The van der Waals surface area contributed by atoms with Gasteiger partial charge in [0.2, 0.25) is 0 Å². The molecule has 0 atom stereocenters. The summed E-state index contributed by atoms with van der Waals surface area (Å²) in [6.07, 6.45) is 1.86. The van der Waals surface area contributed by atoms with Crippen LogP contribution in [0.4, 0.5) is 0 Å². The number of fused-ring (bicyclic) bond motifs is 1. The lowest BCUT2D eigenvalue weighted by molar-refractivity contribution is -0.145. The highest BCUT2D eigenvalue weighted by Crippen LogP contribution is 2.22. The Kier molecular flexibility index (Phi) is 5.19. The molecule has 0 fully saturated rings. The zero-order chi connectivity index (χ0) is 16.8. The molecule has 0 amide bonds. The second kappa shape index (κ2) is 7.71. The number of aryl methyl sites for hydroxylation is 1. The summed E-state index contributed by atoms with van der Waals surface area (Å²) in [5, 5.41) is 9.90. The number of nitriles is 1. The van der Waals surface area contributed by atoms with Gasteiger partial charge in [0, 0.05) is 6.42 Å². The highest BCUT2D eigenvalue weighted by Gasteiger charge is 2.07. The molecule has 120 valence electrons. The van der Waals surface area contributed by atoms with E-state index in [-0.39, 0.29) is 12.6 Å². The predicted molar refractivity (Wildman–Crippen MR) is 93.5 cm³/mol. The fraction of sp³-hybridized carbons (Fsp3) is 0.211. The molecule has 0 radical (unpaired) electrons. The molecule has 0 spiro atoms. The molecule has 1 heterocycles. The lowest BCUT2D eigenvalue weighted by Gasteiger charge is -2.04. The second-order valence-electron chi connectivity index (χ2n) is 5.40. The van der Waals surface area contributed by atoms with Gasteiger partial charge in [-0.15, -0.1) is 11.3 Å². The summed E-state index contributed by atoms with van der Waals surface area (Å²) in [6, 6.07) is 17.2. The number of para-hydroxylation sites is 1. The Hall–Kier alpha value is -2.71. The van der Waals surface area contributed by atoms with Crippen molar-refractivity contribution in [1.82, 2.24) is 4.98 Å². The molecule has 2 aromatic carbocycles. The molecule has 3 rings (SSSR count). The van der Waals surface area contributed by atoms with Crippen LogP contribution in [0, 0.1) is 11.3 Å².